The van der Waals surface area contributed by atoms with Gasteiger partial charge in [0.15, 0.2) is 0 Å². The molecule has 1 aromatic carbocycles. The van der Waals surface area contributed by atoms with Crippen molar-refractivity contribution in [2.24, 2.45) is 0 Å². The summed E-state index contributed by atoms with van der Waals surface area (Å²) in [6.07, 6.45) is 1.25. The van der Waals surface area contributed by atoms with Gasteiger partial charge in [-0.25, -0.2) is 4.98 Å². The predicted octanol–water partition coefficient (Wildman–Crippen LogP) is 3.70. The maximum Gasteiger partial charge on any atom is 0.291 e. The molecule has 2 aromatic rings. The number of anilines is 2. The minimum Gasteiger partial charge on any atom is -0.329 e. The lowest BCUT2D eigenvalue weighted by Crippen LogP contribution is -2.13. The summed E-state index contributed by atoms with van der Waals surface area (Å²) in [4.78, 5) is 16.4. The number of hydrogen-bond acceptors (Lipinski definition) is 5. The lowest BCUT2D eigenvalue weighted by Gasteiger charge is -2.20. The van der Waals surface area contributed by atoms with Gasteiger partial charge in [0.1, 0.15) is 12.0 Å². The van der Waals surface area contributed by atoms with Gasteiger partial charge in [0.2, 0.25) is 0 Å². The van der Waals surface area contributed by atoms with Crippen molar-refractivity contribution >= 4 is 33.1 Å². The van der Waals surface area contributed by atoms with E-state index < -0.39 is 4.92 Å². The minimum absolute atomic E-state index is 0.0288. The molecule has 0 aliphatic rings. The first-order chi connectivity index (χ1) is 9.95. The molecular weight excluding hydrogens is 336 g/mol. The standard InChI is InChI=1S/C14H11BrN4O2/c1-9-12(19(20)21)8-17-14(13(9)15)18(2)11-5-3-10(7-16)4-6-11/h3-6,8H,1-2H3. The average Bonchev–Trinajstić information content (AvgIpc) is 2.49. The van der Waals surface area contributed by atoms with Gasteiger partial charge in [0, 0.05) is 18.3 Å². The maximum atomic E-state index is 10.9. The van der Waals surface area contributed by atoms with Gasteiger partial charge in [0.05, 0.1) is 21.0 Å². The fraction of sp³-hybridized carbons (Fsp3) is 0.143. The van der Waals surface area contributed by atoms with Gasteiger partial charge in [0.25, 0.3) is 5.69 Å². The van der Waals surface area contributed by atoms with Gasteiger partial charge in [-0.05, 0) is 47.1 Å². The van der Waals surface area contributed by atoms with Gasteiger partial charge in [-0.2, -0.15) is 5.26 Å². The third kappa shape index (κ3) is 2.85. The molecule has 7 heteroatoms. The summed E-state index contributed by atoms with van der Waals surface area (Å²) in [5.41, 5.74) is 1.89. The first-order valence-corrected chi connectivity index (χ1v) is 6.78. The molecule has 1 heterocycles. The summed E-state index contributed by atoms with van der Waals surface area (Å²) in [5, 5.41) is 19.7. The molecule has 0 saturated carbocycles. The van der Waals surface area contributed by atoms with Crippen LogP contribution in [0.5, 0.6) is 0 Å². The summed E-state index contributed by atoms with van der Waals surface area (Å²) in [6, 6.07) is 9.06. The number of nitrogens with zero attached hydrogens (tertiary/aromatic N) is 4. The van der Waals surface area contributed by atoms with Crippen LogP contribution in [0.3, 0.4) is 0 Å². The van der Waals surface area contributed by atoms with Crippen LogP contribution in [0.25, 0.3) is 0 Å². The number of rotatable bonds is 3. The van der Waals surface area contributed by atoms with Crippen LogP contribution in [0.2, 0.25) is 0 Å². The van der Waals surface area contributed by atoms with Crippen molar-refractivity contribution in [3.05, 3.63) is 56.2 Å². The molecule has 0 N–H and O–H groups in total. The molecule has 0 unspecified atom stereocenters. The highest BCUT2D eigenvalue weighted by molar-refractivity contribution is 9.10. The normalized spacial score (nSPS) is 10.0. The quantitative estimate of drug-likeness (QED) is 0.624. The van der Waals surface area contributed by atoms with Crippen LogP contribution < -0.4 is 4.90 Å². The zero-order valence-electron chi connectivity index (χ0n) is 11.4. The Hall–Kier alpha value is -2.46. The molecule has 0 amide bonds. The van der Waals surface area contributed by atoms with Crippen molar-refractivity contribution in [2.45, 2.75) is 6.92 Å². The molecule has 0 bridgehead atoms. The summed E-state index contributed by atoms with van der Waals surface area (Å²) < 4.78 is 0.573. The molecular formula is C14H11BrN4O2. The highest BCUT2D eigenvalue weighted by atomic mass is 79.9. The molecule has 0 atom stereocenters. The van der Waals surface area contributed by atoms with Crippen LogP contribution in [0, 0.1) is 28.4 Å². The van der Waals surface area contributed by atoms with Crippen LogP contribution in [0.4, 0.5) is 17.2 Å². The number of hydrogen-bond donors (Lipinski definition) is 0. The fourth-order valence-electron chi connectivity index (χ4n) is 1.86. The molecule has 0 saturated heterocycles. The Morgan fingerprint density at radius 3 is 2.52 bits per heavy atom. The molecule has 106 valence electrons. The zero-order valence-corrected chi connectivity index (χ0v) is 13.0. The van der Waals surface area contributed by atoms with Crippen LogP contribution in [0.15, 0.2) is 34.9 Å². The largest absolute Gasteiger partial charge is 0.329 e. The van der Waals surface area contributed by atoms with Crippen molar-refractivity contribution < 1.29 is 4.92 Å². The Balaban J connectivity index is 2.43. The van der Waals surface area contributed by atoms with E-state index in [1.54, 1.807) is 43.1 Å². The molecule has 0 aliphatic carbocycles. The van der Waals surface area contributed by atoms with E-state index in [0.717, 1.165) is 5.69 Å². The monoisotopic (exact) mass is 346 g/mol. The Morgan fingerprint density at radius 1 is 1.38 bits per heavy atom. The number of benzene rings is 1. The first kappa shape index (κ1) is 14.9. The average molecular weight is 347 g/mol. The van der Waals surface area contributed by atoms with Crippen molar-refractivity contribution in [1.82, 2.24) is 4.98 Å². The van der Waals surface area contributed by atoms with Gasteiger partial charge in [-0.3, -0.25) is 10.1 Å². The van der Waals surface area contributed by atoms with E-state index >= 15 is 0 Å². The van der Waals surface area contributed by atoms with Crippen LogP contribution in [-0.2, 0) is 0 Å². The third-order valence-corrected chi connectivity index (χ3v) is 4.07. The Labute approximate surface area is 129 Å². The molecule has 21 heavy (non-hydrogen) atoms. The lowest BCUT2D eigenvalue weighted by atomic mass is 10.2. The topological polar surface area (TPSA) is 83.1 Å². The molecule has 0 fully saturated rings. The van der Waals surface area contributed by atoms with Crippen molar-refractivity contribution in [1.29, 1.82) is 5.26 Å². The van der Waals surface area contributed by atoms with Crippen LogP contribution in [0.1, 0.15) is 11.1 Å². The second kappa shape index (κ2) is 5.89. The summed E-state index contributed by atoms with van der Waals surface area (Å²) >= 11 is 3.36. The van der Waals surface area contributed by atoms with Gasteiger partial charge >= 0.3 is 0 Å². The summed E-state index contributed by atoms with van der Waals surface area (Å²) in [5.74, 6) is 0.572. The molecule has 0 radical (unpaired) electrons. The second-order valence-corrected chi connectivity index (χ2v) is 5.17. The van der Waals surface area contributed by atoms with Crippen molar-refractivity contribution in [2.75, 3.05) is 11.9 Å². The van der Waals surface area contributed by atoms with Crippen LogP contribution >= 0.6 is 15.9 Å². The fourth-order valence-corrected chi connectivity index (χ4v) is 2.43. The van der Waals surface area contributed by atoms with Gasteiger partial charge in [-0.15, -0.1) is 0 Å². The number of nitriles is 1. The Bertz CT molecular complexity index is 738. The van der Waals surface area contributed by atoms with Gasteiger partial charge < -0.3 is 4.90 Å². The second-order valence-electron chi connectivity index (χ2n) is 4.38. The Morgan fingerprint density at radius 2 is 2.00 bits per heavy atom. The molecule has 1 aromatic heterocycles. The molecule has 6 nitrogen and oxygen atoms in total. The van der Waals surface area contributed by atoms with E-state index in [-0.39, 0.29) is 5.69 Å². The van der Waals surface area contributed by atoms with E-state index in [1.807, 2.05) is 0 Å². The van der Waals surface area contributed by atoms with E-state index in [9.17, 15) is 10.1 Å². The highest BCUT2D eigenvalue weighted by Crippen LogP contribution is 2.35. The highest BCUT2D eigenvalue weighted by Gasteiger charge is 2.19. The third-order valence-electron chi connectivity index (χ3n) is 3.12. The number of aromatic nitrogens is 1. The maximum absolute atomic E-state index is 10.9. The zero-order chi connectivity index (χ0) is 15.6. The molecule has 2 rings (SSSR count). The van der Waals surface area contributed by atoms with E-state index in [0.29, 0.717) is 21.4 Å². The number of nitro groups is 1. The SMILES string of the molecule is Cc1c([N+](=O)[O-])cnc(N(C)c2ccc(C#N)cc2)c1Br. The predicted molar refractivity (Wildman–Crippen MR) is 82.5 cm³/mol. The van der Waals surface area contributed by atoms with Gasteiger partial charge in [-0.1, -0.05) is 0 Å². The summed E-state index contributed by atoms with van der Waals surface area (Å²) in [6.45, 7) is 1.67. The molecule has 0 aliphatic heterocycles. The lowest BCUT2D eigenvalue weighted by molar-refractivity contribution is -0.385. The first-order valence-electron chi connectivity index (χ1n) is 5.99. The number of pyridine rings is 1. The minimum atomic E-state index is -0.460. The van der Waals surface area contributed by atoms with Crippen LogP contribution in [-0.4, -0.2) is 17.0 Å². The van der Waals surface area contributed by atoms with E-state index in [4.69, 9.17) is 5.26 Å². The Kier molecular flexibility index (Phi) is 4.19. The molecule has 0 spiro atoms. The summed E-state index contributed by atoms with van der Waals surface area (Å²) in [7, 11) is 1.81. The van der Waals surface area contributed by atoms with Crippen molar-refractivity contribution in [3.8, 4) is 6.07 Å². The number of halogens is 1. The smallest absolute Gasteiger partial charge is 0.291 e. The van der Waals surface area contributed by atoms with Crippen molar-refractivity contribution in [3.63, 3.8) is 0 Å². The van der Waals surface area contributed by atoms with E-state index in [1.165, 1.54) is 6.20 Å². The van der Waals surface area contributed by atoms with E-state index in [2.05, 4.69) is 27.0 Å².